The molecule has 0 bridgehead atoms. The number of rotatable bonds is 6. The summed E-state index contributed by atoms with van der Waals surface area (Å²) in [5, 5.41) is 2.58. The quantitative estimate of drug-likeness (QED) is 0.678. The number of esters is 1. The zero-order valence-corrected chi connectivity index (χ0v) is 14.9. The molecule has 0 radical (unpaired) electrons. The van der Waals surface area contributed by atoms with Gasteiger partial charge in [-0.05, 0) is 24.6 Å². The fourth-order valence-corrected chi connectivity index (χ4v) is 2.91. The number of fused-ring (bicyclic) bond motifs is 2. The molecule has 0 fully saturated rings. The minimum Gasteiger partial charge on any atom is -0.456 e. The third-order valence-electron chi connectivity index (χ3n) is 4.31. The molecule has 0 saturated heterocycles. The Hall–Kier alpha value is -3.28. The lowest BCUT2D eigenvalue weighted by Crippen LogP contribution is -2.23. The fourth-order valence-electron chi connectivity index (χ4n) is 2.91. The monoisotopic (exact) mass is 365 g/mol. The SMILES string of the molecule is CCCCC(=O)OCC(=O)Nc1ccc2c(c1)C(=O)c1ccccc1C2=O. The van der Waals surface area contributed by atoms with Crippen molar-refractivity contribution in [3.63, 3.8) is 0 Å². The first-order valence-electron chi connectivity index (χ1n) is 8.79. The van der Waals surface area contributed by atoms with Gasteiger partial charge in [-0.3, -0.25) is 19.2 Å². The second-order valence-corrected chi connectivity index (χ2v) is 6.28. The van der Waals surface area contributed by atoms with E-state index in [0.717, 1.165) is 6.42 Å². The average molecular weight is 365 g/mol. The maximum atomic E-state index is 12.7. The van der Waals surface area contributed by atoms with Crippen LogP contribution in [0.2, 0.25) is 0 Å². The van der Waals surface area contributed by atoms with Gasteiger partial charge in [0.2, 0.25) is 0 Å². The van der Waals surface area contributed by atoms with Gasteiger partial charge < -0.3 is 10.1 Å². The lowest BCUT2D eigenvalue weighted by Gasteiger charge is -2.18. The molecule has 1 aliphatic rings. The third kappa shape index (κ3) is 3.95. The summed E-state index contributed by atoms with van der Waals surface area (Å²) in [7, 11) is 0. The van der Waals surface area contributed by atoms with E-state index in [1.165, 1.54) is 12.1 Å². The summed E-state index contributed by atoms with van der Waals surface area (Å²) in [6.45, 7) is 1.57. The molecular weight excluding hydrogens is 346 g/mol. The van der Waals surface area contributed by atoms with Crippen molar-refractivity contribution in [3.05, 3.63) is 64.7 Å². The topological polar surface area (TPSA) is 89.5 Å². The molecule has 27 heavy (non-hydrogen) atoms. The van der Waals surface area contributed by atoms with E-state index in [4.69, 9.17) is 4.74 Å². The van der Waals surface area contributed by atoms with E-state index in [9.17, 15) is 19.2 Å². The Labute approximate surface area is 156 Å². The van der Waals surface area contributed by atoms with Crippen molar-refractivity contribution in [2.75, 3.05) is 11.9 Å². The zero-order chi connectivity index (χ0) is 19.4. The number of carbonyl (C=O) groups excluding carboxylic acids is 4. The van der Waals surface area contributed by atoms with Crippen LogP contribution >= 0.6 is 0 Å². The smallest absolute Gasteiger partial charge is 0.306 e. The first-order chi connectivity index (χ1) is 13.0. The molecule has 0 heterocycles. The van der Waals surface area contributed by atoms with E-state index < -0.39 is 18.5 Å². The van der Waals surface area contributed by atoms with Crippen LogP contribution in [0.5, 0.6) is 0 Å². The molecule has 6 heteroatoms. The molecule has 3 rings (SSSR count). The number of nitrogens with one attached hydrogen (secondary N) is 1. The number of benzene rings is 2. The lowest BCUT2D eigenvalue weighted by molar-refractivity contribution is -0.147. The molecule has 0 atom stereocenters. The Morgan fingerprint density at radius 3 is 2.22 bits per heavy atom. The Kier molecular flexibility index (Phi) is 5.45. The molecule has 0 aromatic heterocycles. The van der Waals surface area contributed by atoms with Crippen LogP contribution in [0.15, 0.2) is 42.5 Å². The molecule has 0 saturated carbocycles. The van der Waals surface area contributed by atoms with Gasteiger partial charge in [-0.25, -0.2) is 0 Å². The van der Waals surface area contributed by atoms with Crippen LogP contribution in [0.4, 0.5) is 5.69 Å². The summed E-state index contributed by atoms with van der Waals surface area (Å²) in [5.74, 6) is -1.41. The van der Waals surface area contributed by atoms with Crippen LogP contribution in [0.3, 0.4) is 0 Å². The Bertz CT molecular complexity index is 932. The van der Waals surface area contributed by atoms with E-state index in [0.29, 0.717) is 28.8 Å². The van der Waals surface area contributed by atoms with Gasteiger partial charge in [-0.2, -0.15) is 0 Å². The standard InChI is InChI=1S/C21H19NO5/c1-2-3-8-19(24)27-12-18(23)22-13-9-10-16-17(11-13)21(26)15-7-5-4-6-14(15)20(16)25/h4-7,9-11H,2-3,8,12H2,1H3,(H,22,23). The fraction of sp³-hybridized carbons (Fsp3) is 0.238. The largest absolute Gasteiger partial charge is 0.456 e. The summed E-state index contributed by atoms with van der Waals surface area (Å²) in [6, 6.07) is 11.2. The predicted molar refractivity (Wildman–Crippen MR) is 98.9 cm³/mol. The molecule has 6 nitrogen and oxygen atoms in total. The van der Waals surface area contributed by atoms with Crippen molar-refractivity contribution in [1.82, 2.24) is 0 Å². The molecule has 0 spiro atoms. The van der Waals surface area contributed by atoms with E-state index in [1.807, 2.05) is 6.92 Å². The molecule has 2 aromatic carbocycles. The van der Waals surface area contributed by atoms with E-state index >= 15 is 0 Å². The summed E-state index contributed by atoms with van der Waals surface area (Å²) >= 11 is 0. The highest BCUT2D eigenvalue weighted by molar-refractivity contribution is 6.28. The van der Waals surface area contributed by atoms with Crippen molar-refractivity contribution in [3.8, 4) is 0 Å². The van der Waals surface area contributed by atoms with Crippen LogP contribution in [0.25, 0.3) is 0 Å². The second-order valence-electron chi connectivity index (χ2n) is 6.28. The molecule has 2 aromatic rings. The van der Waals surface area contributed by atoms with Gasteiger partial charge in [-0.1, -0.05) is 37.6 Å². The average Bonchev–Trinajstić information content (AvgIpc) is 2.69. The number of amides is 1. The van der Waals surface area contributed by atoms with Crippen molar-refractivity contribution in [2.45, 2.75) is 26.2 Å². The maximum absolute atomic E-state index is 12.7. The number of ether oxygens (including phenoxy) is 1. The lowest BCUT2D eigenvalue weighted by atomic mass is 9.84. The van der Waals surface area contributed by atoms with Gasteiger partial charge in [0, 0.05) is 34.4 Å². The van der Waals surface area contributed by atoms with Crippen molar-refractivity contribution < 1.29 is 23.9 Å². The van der Waals surface area contributed by atoms with E-state index in [1.54, 1.807) is 30.3 Å². The molecular formula is C21H19NO5. The molecule has 1 N–H and O–H groups in total. The Morgan fingerprint density at radius 1 is 0.926 bits per heavy atom. The highest BCUT2D eigenvalue weighted by Crippen LogP contribution is 2.29. The molecule has 1 aliphatic carbocycles. The number of hydrogen-bond acceptors (Lipinski definition) is 5. The van der Waals surface area contributed by atoms with Gasteiger partial charge in [0.25, 0.3) is 5.91 Å². The summed E-state index contributed by atoms with van der Waals surface area (Å²) in [5.41, 5.74) is 1.65. The number of ketones is 2. The van der Waals surface area contributed by atoms with E-state index in [2.05, 4.69) is 5.32 Å². The number of carbonyl (C=O) groups is 4. The maximum Gasteiger partial charge on any atom is 0.306 e. The number of anilines is 1. The zero-order valence-electron chi connectivity index (χ0n) is 14.9. The first-order valence-corrected chi connectivity index (χ1v) is 8.79. The van der Waals surface area contributed by atoms with Crippen LogP contribution in [-0.2, 0) is 14.3 Å². The molecule has 1 amide bonds. The minimum absolute atomic E-state index is 0.220. The third-order valence-corrected chi connectivity index (χ3v) is 4.31. The molecule has 0 aliphatic heterocycles. The first kappa shape index (κ1) is 18.5. The summed E-state index contributed by atoms with van der Waals surface area (Å²) in [4.78, 5) is 48.7. The van der Waals surface area contributed by atoms with Crippen LogP contribution in [-0.4, -0.2) is 30.0 Å². The number of unbranched alkanes of at least 4 members (excludes halogenated alkanes) is 1. The number of hydrogen-bond donors (Lipinski definition) is 1. The van der Waals surface area contributed by atoms with Gasteiger partial charge >= 0.3 is 5.97 Å². The van der Waals surface area contributed by atoms with Crippen LogP contribution in [0, 0.1) is 0 Å². The van der Waals surface area contributed by atoms with Crippen LogP contribution in [0.1, 0.15) is 58.0 Å². The Morgan fingerprint density at radius 2 is 1.56 bits per heavy atom. The van der Waals surface area contributed by atoms with Gasteiger partial charge in [0.15, 0.2) is 18.2 Å². The highest BCUT2D eigenvalue weighted by atomic mass is 16.5. The van der Waals surface area contributed by atoms with Gasteiger partial charge in [-0.15, -0.1) is 0 Å². The van der Waals surface area contributed by atoms with Gasteiger partial charge in [0.1, 0.15) is 0 Å². The molecule has 0 unspecified atom stereocenters. The van der Waals surface area contributed by atoms with Crippen LogP contribution < -0.4 is 5.32 Å². The minimum atomic E-state index is -0.505. The summed E-state index contributed by atoms with van der Waals surface area (Å²) in [6.07, 6.45) is 1.85. The summed E-state index contributed by atoms with van der Waals surface area (Å²) < 4.78 is 4.90. The van der Waals surface area contributed by atoms with Crippen molar-refractivity contribution in [1.29, 1.82) is 0 Å². The van der Waals surface area contributed by atoms with Crippen molar-refractivity contribution in [2.24, 2.45) is 0 Å². The molecule has 138 valence electrons. The second kappa shape index (κ2) is 7.95. The van der Waals surface area contributed by atoms with Crippen molar-refractivity contribution >= 4 is 29.1 Å². The van der Waals surface area contributed by atoms with Gasteiger partial charge in [0.05, 0.1) is 0 Å². The Balaban J connectivity index is 1.71. The predicted octanol–water partition coefficient (Wildman–Crippen LogP) is 3.13. The highest BCUT2D eigenvalue weighted by Gasteiger charge is 2.29. The normalized spacial score (nSPS) is 12.2. The van der Waals surface area contributed by atoms with E-state index in [-0.39, 0.29) is 23.6 Å².